The van der Waals surface area contributed by atoms with E-state index in [0.717, 1.165) is 21.0 Å². The summed E-state index contributed by atoms with van der Waals surface area (Å²) in [4.78, 5) is 28.9. The molecule has 4 aromatic rings. The summed E-state index contributed by atoms with van der Waals surface area (Å²) < 4.78 is 42.7. The third-order valence-corrected chi connectivity index (χ3v) is 8.96. The fourth-order valence-corrected chi connectivity index (χ4v) is 6.06. The Labute approximate surface area is 246 Å². The van der Waals surface area contributed by atoms with Crippen molar-refractivity contribution in [3.05, 3.63) is 131 Å². The van der Waals surface area contributed by atoms with Gasteiger partial charge in [-0.1, -0.05) is 66.7 Å². The second-order valence-corrected chi connectivity index (χ2v) is 11.9. The first-order valence-electron chi connectivity index (χ1n) is 13.5. The third-order valence-electron chi connectivity index (χ3n) is 7.17. The molecule has 7 nitrogen and oxygen atoms in total. The van der Waals surface area contributed by atoms with E-state index in [1.54, 1.807) is 42.5 Å². The monoisotopic (exact) mass is 587 g/mol. The Bertz CT molecular complexity index is 1630. The van der Waals surface area contributed by atoms with Crippen LogP contribution < -0.4 is 9.62 Å². The molecular weight excluding hydrogens is 553 g/mol. The highest BCUT2D eigenvalue weighted by molar-refractivity contribution is 7.92. The van der Waals surface area contributed by atoms with Crippen molar-refractivity contribution < 1.29 is 22.4 Å². The lowest BCUT2D eigenvalue weighted by atomic mass is 10.0. The normalized spacial score (nSPS) is 11.9. The quantitative estimate of drug-likeness (QED) is 0.267. The summed E-state index contributed by atoms with van der Waals surface area (Å²) in [5, 5.41) is 2.65. The summed E-state index contributed by atoms with van der Waals surface area (Å²) in [5.41, 5.74) is 3.59. The van der Waals surface area contributed by atoms with E-state index >= 15 is 0 Å². The van der Waals surface area contributed by atoms with Crippen LogP contribution in [0.3, 0.4) is 0 Å². The molecule has 42 heavy (non-hydrogen) atoms. The van der Waals surface area contributed by atoms with Crippen molar-refractivity contribution >= 4 is 27.5 Å². The zero-order valence-corrected chi connectivity index (χ0v) is 24.6. The molecule has 1 N–H and O–H groups in total. The van der Waals surface area contributed by atoms with Gasteiger partial charge in [0.15, 0.2) is 0 Å². The van der Waals surface area contributed by atoms with Gasteiger partial charge in [0.1, 0.15) is 18.4 Å². The average molecular weight is 588 g/mol. The number of aryl methyl sites for hydroxylation is 2. The first-order valence-corrected chi connectivity index (χ1v) is 15.0. The minimum atomic E-state index is -4.17. The highest BCUT2D eigenvalue weighted by atomic mass is 32.2. The van der Waals surface area contributed by atoms with E-state index < -0.39 is 40.2 Å². The Morgan fingerprint density at radius 2 is 1.43 bits per heavy atom. The predicted molar refractivity (Wildman–Crippen MR) is 162 cm³/mol. The van der Waals surface area contributed by atoms with Gasteiger partial charge in [0.05, 0.1) is 10.6 Å². The van der Waals surface area contributed by atoms with Gasteiger partial charge < -0.3 is 10.2 Å². The van der Waals surface area contributed by atoms with Crippen molar-refractivity contribution in [1.82, 2.24) is 10.2 Å². The van der Waals surface area contributed by atoms with E-state index in [4.69, 9.17) is 0 Å². The molecule has 0 spiro atoms. The molecule has 0 aliphatic carbocycles. The van der Waals surface area contributed by atoms with E-state index in [-0.39, 0.29) is 17.9 Å². The number of carbonyl (C=O) groups excluding carboxylic acids is 2. The Hall–Kier alpha value is -4.50. The summed E-state index contributed by atoms with van der Waals surface area (Å²) in [7, 11) is -2.68. The van der Waals surface area contributed by atoms with Crippen LogP contribution in [-0.4, -0.2) is 44.8 Å². The van der Waals surface area contributed by atoms with Crippen molar-refractivity contribution in [3.63, 3.8) is 0 Å². The lowest BCUT2D eigenvalue weighted by molar-refractivity contribution is -0.139. The van der Waals surface area contributed by atoms with Crippen LogP contribution in [0.2, 0.25) is 0 Å². The minimum Gasteiger partial charge on any atom is -0.357 e. The van der Waals surface area contributed by atoms with Gasteiger partial charge in [0.2, 0.25) is 11.8 Å². The zero-order chi connectivity index (χ0) is 30.3. The smallest absolute Gasteiger partial charge is 0.264 e. The number of benzene rings is 4. The fourth-order valence-electron chi connectivity index (χ4n) is 4.64. The SMILES string of the molecule is CNC(=O)[C@@H](Cc1ccccc1)N(Cc1ccc(F)cc1)C(=O)CN(c1ccc(C)c(C)c1)S(=O)(=O)c1ccccc1. The summed E-state index contributed by atoms with van der Waals surface area (Å²) in [6.07, 6.45) is 0.197. The molecule has 2 amide bonds. The van der Waals surface area contributed by atoms with E-state index in [1.165, 1.54) is 36.2 Å². The number of rotatable bonds is 11. The van der Waals surface area contributed by atoms with Gasteiger partial charge in [0.25, 0.3) is 10.0 Å². The Kier molecular flexibility index (Phi) is 9.75. The lowest BCUT2D eigenvalue weighted by Crippen LogP contribution is -2.53. The molecule has 0 bridgehead atoms. The number of nitrogens with one attached hydrogen (secondary N) is 1. The molecule has 1 atom stereocenters. The van der Waals surface area contributed by atoms with Gasteiger partial charge in [-0.15, -0.1) is 0 Å². The van der Waals surface area contributed by atoms with Crippen molar-refractivity contribution in [3.8, 4) is 0 Å². The van der Waals surface area contributed by atoms with Gasteiger partial charge in [-0.2, -0.15) is 0 Å². The maximum absolute atomic E-state index is 14.2. The van der Waals surface area contributed by atoms with Crippen LogP contribution in [0.15, 0.2) is 108 Å². The molecule has 4 aromatic carbocycles. The lowest BCUT2D eigenvalue weighted by Gasteiger charge is -2.33. The van der Waals surface area contributed by atoms with Crippen LogP contribution in [0.1, 0.15) is 22.3 Å². The maximum Gasteiger partial charge on any atom is 0.264 e. The summed E-state index contributed by atoms with van der Waals surface area (Å²) in [6.45, 7) is 3.21. The van der Waals surface area contributed by atoms with Crippen molar-refractivity contribution in [2.45, 2.75) is 37.8 Å². The molecule has 0 unspecified atom stereocenters. The average Bonchev–Trinajstić information content (AvgIpc) is 3.00. The van der Waals surface area contributed by atoms with Gasteiger partial charge >= 0.3 is 0 Å². The van der Waals surface area contributed by atoms with Crippen molar-refractivity contribution in [2.24, 2.45) is 0 Å². The first-order chi connectivity index (χ1) is 20.1. The molecule has 0 aliphatic heterocycles. The number of hydrogen-bond acceptors (Lipinski definition) is 4. The Balaban J connectivity index is 1.79. The molecule has 0 heterocycles. The number of anilines is 1. The standard InChI is InChI=1S/C33H34FN3O4S/c1-24-14-19-29(20-25(24)2)37(42(40,41)30-12-8-5-9-13-30)23-32(38)36(22-27-15-17-28(34)18-16-27)31(33(39)35-3)21-26-10-6-4-7-11-26/h4-20,31H,21-23H2,1-3H3,(H,35,39)/t31-/m1/s1. The van der Waals surface area contributed by atoms with Crippen LogP contribution in [0.5, 0.6) is 0 Å². The number of sulfonamides is 1. The van der Waals surface area contributed by atoms with Crippen LogP contribution >= 0.6 is 0 Å². The predicted octanol–water partition coefficient (Wildman–Crippen LogP) is 5.02. The molecule has 0 fully saturated rings. The number of nitrogens with zero attached hydrogens (tertiary/aromatic N) is 2. The Morgan fingerprint density at radius 1 is 0.810 bits per heavy atom. The highest BCUT2D eigenvalue weighted by Gasteiger charge is 2.34. The van der Waals surface area contributed by atoms with Gasteiger partial charge in [-0.25, -0.2) is 12.8 Å². The second-order valence-electron chi connectivity index (χ2n) is 10.1. The van der Waals surface area contributed by atoms with Crippen LogP contribution in [0, 0.1) is 19.7 Å². The van der Waals surface area contributed by atoms with Gasteiger partial charge in [-0.05, 0) is 72.5 Å². The van der Waals surface area contributed by atoms with E-state index in [2.05, 4.69) is 5.32 Å². The molecule has 4 rings (SSSR count). The molecule has 0 saturated heterocycles. The number of amides is 2. The molecular formula is C33H34FN3O4S. The minimum absolute atomic E-state index is 0.0316. The summed E-state index contributed by atoms with van der Waals surface area (Å²) >= 11 is 0. The Morgan fingerprint density at radius 3 is 2.02 bits per heavy atom. The number of halogens is 1. The molecule has 9 heteroatoms. The van der Waals surface area contributed by atoms with Crippen LogP contribution in [0.25, 0.3) is 0 Å². The largest absolute Gasteiger partial charge is 0.357 e. The topological polar surface area (TPSA) is 86.8 Å². The van der Waals surface area contributed by atoms with Crippen molar-refractivity contribution in [1.29, 1.82) is 0 Å². The molecule has 0 aliphatic rings. The summed E-state index contributed by atoms with van der Waals surface area (Å²) in [5.74, 6) is -1.42. The first kappa shape index (κ1) is 30.5. The van der Waals surface area contributed by atoms with E-state index in [1.807, 2.05) is 50.2 Å². The van der Waals surface area contributed by atoms with Crippen molar-refractivity contribution in [2.75, 3.05) is 17.9 Å². The molecule has 0 aromatic heterocycles. The van der Waals surface area contributed by atoms with E-state index in [0.29, 0.717) is 11.3 Å². The van der Waals surface area contributed by atoms with Gasteiger partial charge in [-0.3, -0.25) is 13.9 Å². The highest BCUT2D eigenvalue weighted by Crippen LogP contribution is 2.27. The zero-order valence-electron chi connectivity index (χ0n) is 23.8. The number of hydrogen-bond donors (Lipinski definition) is 1. The summed E-state index contributed by atoms with van der Waals surface area (Å²) in [6, 6.07) is 27.1. The molecule has 218 valence electrons. The molecule has 0 saturated carbocycles. The fraction of sp³-hybridized carbons (Fsp3) is 0.212. The third kappa shape index (κ3) is 7.22. The number of likely N-dealkylation sites (N-methyl/N-ethyl adjacent to an activating group) is 1. The van der Waals surface area contributed by atoms with E-state index in [9.17, 15) is 22.4 Å². The second kappa shape index (κ2) is 13.4. The van der Waals surface area contributed by atoms with Gasteiger partial charge in [0, 0.05) is 20.0 Å². The van der Waals surface area contributed by atoms with Crippen LogP contribution in [0.4, 0.5) is 10.1 Å². The number of carbonyl (C=O) groups is 2. The molecule has 0 radical (unpaired) electrons. The maximum atomic E-state index is 14.2. The van der Waals surface area contributed by atoms with Crippen LogP contribution in [-0.2, 0) is 32.6 Å².